The van der Waals surface area contributed by atoms with Gasteiger partial charge in [0.1, 0.15) is 4.90 Å². The van der Waals surface area contributed by atoms with Crippen LogP contribution < -0.4 is 5.73 Å². The number of aliphatic hydroxyl groups is 1. The summed E-state index contributed by atoms with van der Waals surface area (Å²) >= 11 is 0. The first kappa shape index (κ1) is 14.3. The van der Waals surface area contributed by atoms with Gasteiger partial charge in [0.2, 0.25) is 10.0 Å². The van der Waals surface area contributed by atoms with Crippen LogP contribution >= 0.6 is 0 Å². The van der Waals surface area contributed by atoms with Crippen LogP contribution in [-0.4, -0.2) is 37.0 Å². The summed E-state index contributed by atoms with van der Waals surface area (Å²) in [5.41, 5.74) is 7.69. The van der Waals surface area contributed by atoms with Crippen molar-refractivity contribution in [2.24, 2.45) is 0 Å². The summed E-state index contributed by atoms with van der Waals surface area (Å²) < 4.78 is 26.7. The number of anilines is 1. The van der Waals surface area contributed by atoms with Gasteiger partial charge in [-0.25, -0.2) is 8.42 Å². The van der Waals surface area contributed by atoms with Crippen LogP contribution in [-0.2, 0) is 10.0 Å². The molecule has 1 saturated heterocycles. The maximum Gasteiger partial charge on any atom is 0.245 e. The molecule has 6 heteroatoms. The predicted octanol–water partition coefficient (Wildman–Crippen LogP) is 1.03. The van der Waals surface area contributed by atoms with Gasteiger partial charge in [-0.3, -0.25) is 0 Å². The summed E-state index contributed by atoms with van der Waals surface area (Å²) in [5, 5.41) is 9.65. The Hall–Kier alpha value is -1.11. The number of nitrogens with zero attached hydrogens (tertiary/aromatic N) is 1. The van der Waals surface area contributed by atoms with E-state index < -0.39 is 16.1 Å². The lowest BCUT2D eigenvalue weighted by Crippen LogP contribution is -2.42. The van der Waals surface area contributed by atoms with Crippen LogP contribution in [0.3, 0.4) is 0 Å². The van der Waals surface area contributed by atoms with E-state index in [4.69, 9.17) is 5.73 Å². The van der Waals surface area contributed by atoms with Gasteiger partial charge < -0.3 is 10.8 Å². The molecule has 0 amide bonds. The van der Waals surface area contributed by atoms with Gasteiger partial charge in [0.15, 0.2) is 0 Å². The first-order chi connectivity index (χ1) is 8.84. The highest BCUT2D eigenvalue weighted by Gasteiger charge is 2.32. The lowest BCUT2D eigenvalue weighted by Gasteiger charge is -2.30. The van der Waals surface area contributed by atoms with Gasteiger partial charge in [0.05, 0.1) is 11.8 Å². The third-order valence-corrected chi connectivity index (χ3v) is 5.73. The number of nitrogens with two attached hydrogens (primary N) is 1. The molecular formula is C13H20N2O3S. The van der Waals surface area contributed by atoms with E-state index in [1.165, 1.54) is 4.31 Å². The highest BCUT2D eigenvalue weighted by molar-refractivity contribution is 7.89. The number of hydrogen-bond acceptors (Lipinski definition) is 4. The average molecular weight is 284 g/mol. The number of piperidine rings is 1. The predicted molar refractivity (Wildman–Crippen MR) is 74.3 cm³/mol. The Balaban J connectivity index is 2.48. The van der Waals surface area contributed by atoms with Crippen molar-refractivity contribution < 1.29 is 13.5 Å². The lowest BCUT2D eigenvalue weighted by atomic mass is 10.1. The first-order valence-corrected chi connectivity index (χ1v) is 7.82. The molecule has 19 heavy (non-hydrogen) atoms. The molecule has 2 rings (SSSR count). The molecule has 1 aliphatic heterocycles. The number of sulfonamides is 1. The standard InChI is InChI=1S/C13H20N2O3S/c1-9-5-6-12(14)13(10(9)2)19(17,18)15-7-3-4-11(16)8-15/h5-6,11,16H,3-4,7-8,14H2,1-2H3/t11-/m0/s1. The van der Waals surface area contributed by atoms with Crippen molar-refractivity contribution in [1.82, 2.24) is 4.31 Å². The Morgan fingerprint density at radius 2 is 2.05 bits per heavy atom. The second-order valence-corrected chi connectivity index (χ2v) is 6.96. The van der Waals surface area contributed by atoms with E-state index in [1.54, 1.807) is 13.0 Å². The van der Waals surface area contributed by atoms with Crippen LogP contribution in [0, 0.1) is 13.8 Å². The molecule has 1 atom stereocenters. The molecule has 1 aliphatic rings. The molecule has 1 aromatic rings. The topological polar surface area (TPSA) is 83.6 Å². The molecule has 0 saturated carbocycles. The SMILES string of the molecule is Cc1ccc(N)c(S(=O)(=O)N2CCC[C@H](O)C2)c1C. The molecule has 3 N–H and O–H groups in total. The molecular weight excluding hydrogens is 264 g/mol. The van der Waals surface area contributed by atoms with E-state index in [0.717, 1.165) is 5.56 Å². The lowest BCUT2D eigenvalue weighted by molar-refractivity contribution is 0.108. The van der Waals surface area contributed by atoms with Crippen LogP contribution in [0.2, 0.25) is 0 Å². The van der Waals surface area contributed by atoms with Gasteiger partial charge >= 0.3 is 0 Å². The fraction of sp³-hybridized carbons (Fsp3) is 0.538. The van der Waals surface area contributed by atoms with Crippen LogP contribution in [0.15, 0.2) is 17.0 Å². The summed E-state index contributed by atoms with van der Waals surface area (Å²) in [4.78, 5) is 0.182. The smallest absolute Gasteiger partial charge is 0.245 e. The van der Waals surface area contributed by atoms with Gasteiger partial charge in [-0.15, -0.1) is 0 Å². The van der Waals surface area contributed by atoms with Crippen LogP contribution in [0.5, 0.6) is 0 Å². The Labute approximate surface area is 114 Å². The second kappa shape index (κ2) is 5.11. The van der Waals surface area contributed by atoms with E-state index in [0.29, 0.717) is 24.9 Å². The maximum atomic E-state index is 12.7. The Morgan fingerprint density at radius 3 is 2.68 bits per heavy atom. The van der Waals surface area contributed by atoms with Crippen molar-refractivity contribution >= 4 is 15.7 Å². The Bertz CT molecular complexity index is 584. The van der Waals surface area contributed by atoms with Crippen LogP contribution in [0.1, 0.15) is 24.0 Å². The van der Waals surface area contributed by atoms with E-state index in [-0.39, 0.29) is 17.1 Å². The van der Waals surface area contributed by atoms with Crippen molar-refractivity contribution in [3.8, 4) is 0 Å². The molecule has 0 radical (unpaired) electrons. The minimum atomic E-state index is -3.63. The number of hydrogen-bond donors (Lipinski definition) is 2. The summed E-state index contributed by atoms with van der Waals surface area (Å²) in [6.45, 7) is 4.21. The van der Waals surface area contributed by atoms with Gasteiger partial charge in [-0.1, -0.05) is 6.07 Å². The minimum absolute atomic E-state index is 0.148. The molecule has 0 aromatic heterocycles. The third-order valence-electron chi connectivity index (χ3n) is 3.66. The molecule has 0 bridgehead atoms. The van der Waals surface area contributed by atoms with E-state index in [1.807, 2.05) is 13.0 Å². The van der Waals surface area contributed by atoms with Gasteiger partial charge in [-0.05, 0) is 43.9 Å². The third kappa shape index (κ3) is 2.61. The Kier molecular flexibility index (Phi) is 3.85. The monoisotopic (exact) mass is 284 g/mol. The zero-order valence-electron chi connectivity index (χ0n) is 11.3. The number of rotatable bonds is 2. The quantitative estimate of drug-likeness (QED) is 0.795. The molecule has 106 valence electrons. The molecule has 0 unspecified atom stereocenters. The minimum Gasteiger partial charge on any atom is -0.398 e. The molecule has 0 aliphatic carbocycles. The summed E-state index contributed by atoms with van der Waals surface area (Å²) in [6, 6.07) is 3.43. The van der Waals surface area contributed by atoms with Crippen molar-refractivity contribution in [3.63, 3.8) is 0 Å². The fourth-order valence-electron chi connectivity index (χ4n) is 2.42. The van der Waals surface area contributed by atoms with Gasteiger partial charge in [-0.2, -0.15) is 4.31 Å². The summed E-state index contributed by atoms with van der Waals surface area (Å²) in [6.07, 6.45) is 0.731. The molecule has 1 fully saturated rings. The van der Waals surface area contributed by atoms with E-state index >= 15 is 0 Å². The van der Waals surface area contributed by atoms with Crippen LogP contribution in [0.4, 0.5) is 5.69 Å². The average Bonchev–Trinajstić information content (AvgIpc) is 2.34. The number of nitrogen functional groups attached to an aromatic ring is 1. The maximum absolute atomic E-state index is 12.7. The van der Waals surface area contributed by atoms with E-state index in [2.05, 4.69) is 0 Å². The molecule has 0 spiro atoms. The van der Waals surface area contributed by atoms with Crippen molar-refractivity contribution in [3.05, 3.63) is 23.3 Å². The highest BCUT2D eigenvalue weighted by Crippen LogP contribution is 2.29. The zero-order chi connectivity index (χ0) is 14.2. The van der Waals surface area contributed by atoms with Gasteiger partial charge in [0.25, 0.3) is 0 Å². The van der Waals surface area contributed by atoms with Gasteiger partial charge in [0, 0.05) is 13.1 Å². The number of β-amino-alcohol motifs (C(OH)–C–C–N with tert-alkyl or cyclic N) is 1. The number of aryl methyl sites for hydroxylation is 1. The number of aliphatic hydroxyl groups excluding tert-OH is 1. The first-order valence-electron chi connectivity index (χ1n) is 6.38. The van der Waals surface area contributed by atoms with E-state index in [9.17, 15) is 13.5 Å². The molecule has 5 nitrogen and oxygen atoms in total. The largest absolute Gasteiger partial charge is 0.398 e. The van der Waals surface area contributed by atoms with Crippen LogP contribution in [0.25, 0.3) is 0 Å². The Morgan fingerprint density at radius 1 is 1.37 bits per heavy atom. The van der Waals surface area contributed by atoms with Crippen molar-refractivity contribution in [1.29, 1.82) is 0 Å². The fourth-order valence-corrected chi connectivity index (χ4v) is 4.33. The second-order valence-electron chi connectivity index (χ2n) is 5.08. The van der Waals surface area contributed by atoms with Crippen molar-refractivity contribution in [2.75, 3.05) is 18.8 Å². The molecule has 1 aromatic carbocycles. The normalized spacial score (nSPS) is 21.5. The van der Waals surface area contributed by atoms with Crippen molar-refractivity contribution in [2.45, 2.75) is 37.7 Å². The zero-order valence-corrected chi connectivity index (χ0v) is 12.1. The molecule has 1 heterocycles. The summed E-state index contributed by atoms with van der Waals surface area (Å²) in [5.74, 6) is 0. The number of benzene rings is 1. The summed E-state index contributed by atoms with van der Waals surface area (Å²) in [7, 11) is -3.63. The highest BCUT2D eigenvalue weighted by atomic mass is 32.2.